The Morgan fingerprint density at radius 2 is 1.89 bits per heavy atom. The molecule has 27 heavy (non-hydrogen) atoms. The molecule has 1 fully saturated rings. The number of nitrogens with one attached hydrogen (secondary N) is 2. The van der Waals surface area contributed by atoms with Crippen LogP contribution in [0.4, 0.5) is 5.69 Å². The number of benzene rings is 1. The summed E-state index contributed by atoms with van der Waals surface area (Å²) in [7, 11) is 0. The van der Waals surface area contributed by atoms with Crippen molar-refractivity contribution in [1.29, 1.82) is 0 Å². The fraction of sp³-hybridized carbons (Fsp3) is 0.350. The topological polar surface area (TPSA) is 91.7 Å². The molecule has 0 radical (unpaired) electrons. The first kappa shape index (κ1) is 18.7. The van der Waals surface area contributed by atoms with Crippen LogP contribution < -0.4 is 10.6 Å². The molecule has 7 heteroatoms. The highest BCUT2D eigenvalue weighted by atomic mass is 16.3. The van der Waals surface area contributed by atoms with Gasteiger partial charge in [-0.3, -0.25) is 14.4 Å². The first-order valence-electron chi connectivity index (χ1n) is 9.08. The zero-order valence-electron chi connectivity index (χ0n) is 15.0. The summed E-state index contributed by atoms with van der Waals surface area (Å²) in [6, 6.07) is 12.2. The minimum atomic E-state index is -0.483. The zero-order valence-corrected chi connectivity index (χ0v) is 15.0. The average molecular weight is 369 g/mol. The molecule has 0 saturated carbocycles. The number of carbonyl (C=O) groups is 3. The largest absolute Gasteiger partial charge is 0.467 e. The number of rotatable bonds is 7. The molecule has 1 aromatic heterocycles. The van der Waals surface area contributed by atoms with Crippen LogP contribution in [0, 0.1) is 0 Å². The second-order valence-corrected chi connectivity index (χ2v) is 6.46. The van der Waals surface area contributed by atoms with Crippen LogP contribution in [0.5, 0.6) is 0 Å². The molecule has 7 nitrogen and oxygen atoms in total. The van der Waals surface area contributed by atoms with E-state index in [4.69, 9.17) is 4.42 Å². The number of furan rings is 1. The van der Waals surface area contributed by atoms with Gasteiger partial charge < -0.3 is 20.0 Å². The first-order chi connectivity index (χ1) is 13.1. The van der Waals surface area contributed by atoms with E-state index in [1.807, 2.05) is 30.3 Å². The Morgan fingerprint density at radius 1 is 1.07 bits per heavy atom. The van der Waals surface area contributed by atoms with Gasteiger partial charge in [0.25, 0.3) is 0 Å². The van der Waals surface area contributed by atoms with Crippen LogP contribution in [-0.4, -0.2) is 35.2 Å². The smallest absolute Gasteiger partial charge is 0.247 e. The summed E-state index contributed by atoms with van der Waals surface area (Å²) < 4.78 is 5.15. The molecule has 3 rings (SSSR count). The number of anilines is 1. The molecular formula is C20H23N3O4. The van der Waals surface area contributed by atoms with E-state index in [1.165, 1.54) is 0 Å². The van der Waals surface area contributed by atoms with Gasteiger partial charge in [-0.15, -0.1) is 0 Å². The Morgan fingerprint density at radius 3 is 2.63 bits per heavy atom. The average Bonchev–Trinajstić information content (AvgIpc) is 3.37. The maximum atomic E-state index is 12.5. The quantitative estimate of drug-likeness (QED) is 0.783. The van der Waals surface area contributed by atoms with Gasteiger partial charge >= 0.3 is 0 Å². The summed E-state index contributed by atoms with van der Waals surface area (Å²) in [5.74, 6) is 0.0827. The van der Waals surface area contributed by atoms with E-state index in [9.17, 15) is 14.4 Å². The Hall–Kier alpha value is -3.09. The van der Waals surface area contributed by atoms with Crippen LogP contribution in [0.2, 0.25) is 0 Å². The molecule has 1 aliphatic heterocycles. The van der Waals surface area contributed by atoms with Crippen molar-refractivity contribution in [1.82, 2.24) is 10.2 Å². The van der Waals surface area contributed by atoms with E-state index in [0.717, 1.165) is 6.42 Å². The Labute approximate surface area is 157 Å². The molecule has 1 saturated heterocycles. The van der Waals surface area contributed by atoms with E-state index in [2.05, 4.69) is 10.6 Å². The van der Waals surface area contributed by atoms with E-state index in [1.54, 1.807) is 23.3 Å². The molecule has 3 amide bonds. The summed E-state index contributed by atoms with van der Waals surface area (Å²) in [5.41, 5.74) is 0.708. The first-order valence-corrected chi connectivity index (χ1v) is 9.08. The predicted molar refractivity (Wildman–Crippen MR) is 99.6 cm³/mol. The standard InChI is InChI=1S/C20H23N3O4/c24-18(21-14-16-8-5-13-27-16)10-11-19(25)23-12-4-9-17(23)20(26)22-15-6-2-1-3-7-15/h1-3,5-8,13,17H,4,9-12,14H2,(H,21,24)(H,22,26)/t17-/m0/s1. The van der Waals surface area contributed by atoms with Crippen LogP contribution in [0.1, 0.15) is 31.4 Å². The lowest BCUT2D eigenvalue weighted by Crippen LogP contribution is -2.43. The second kappa shape index (κ2) is 9.02. The Balaban J connectivity index is 1.46. The highest BCUT2D eigenvalue weighted by molar-refractivity contribution is 5.97. The molecule has 2 aromatic rings. The molecule has 0 spiro atoms. The van der Waals surface area contributed by atoms with Crippen molar-refractivity contribution in [3.63, 3.8) is 0 Å². The van der Waals surface area contributed by atoms with Crippen molar-refractivity contribution in [3.05, 3.63) is 54.5 Å². The third kappa shape index (κ3) is 5.20. The second-order valence-electron chi connectivity index (χ2n) is 6.46. The number of likely N-dealkylation sites (tertiary alicyclic amines) is 1. The lowest BCUT2D eigenvalue weighted by Gasteiger charge is -2.24. The van der Waals surface area contributed by atoms with Crippen molar-refractivity contribution in [2.75, 3.05) is 11.9 Å². The van der Waals surface area contributed by atoms with Gasteiger partial charge in [-0.2, -0.15) is 0 Å². The summed E-state index contributed by atoms with van der Waals surface area (Å²) >= 11 is 0. The number of amides is 3. The third-order valence-electron chi connectivity index (χ3n) is 4.52. The molecule has 0 aliphatic carbocycles. The van der Waals surface area contributed by atoms with E-state index in [0.29, 0.717) is 31.0 Å². The van der Waals surface area contributed by atoms with E-state index in [-0.39, 0.29) is 30.6 Å². The highest BCUT2D eigenvalue weighted by Crippen LogP contribution is 2.20. The van der Waals surface area contributed by atoms with Crippen molar-refractivity contribution in [3.8, 4) is 0 Å². The van der Waals surface area contributed by atoms with Crippen LogP contribution in [-0.2, 0) is 20.9 Å². The fourth-order valence-corrected chi connectivity index (χ4v) is 3.14. The van der Waals surface area contributed by atoms with Gasteiger partial charge in [0.1, 0.15) is 11.8 Å². The minimum Gasteiger partial charge on any atom is -0.467 e. The number of hydrogen-bond donors (Lipinski definition) is 2. The SMILES string of the molecule is O=C(CCC(=O)N1CCC[C@H]1C(=O)Nc1ccccc1)NCc1ccco1. The van der Waals surface area contributed by atoms with Crippen molar-refractivity contribution < 1.29 is 18.8 Å². The highest BCUT2D eigenvalue weighted by Gasteiger charge is 2.33. The van der Waals surface area contributed by atoms with Gasteiger partial charge in [0, 0.05) is 25.1 Å². The number of para-hydroxylation sites is 1. The normalized spacial score (nSPS) is 16.1. The van der Waals surface area contributed by atoms with Gasteiger partial charge in [0.15, 0.2) is 0 Å². The molecule has 2 N–H and O–H groups in total. The van der Waals surface area contributed by atoms with E-state index >= 15 is 0 Å². The third-order valence-corrected chi connectivity index (χ3v) is 4.52. The van der Waals surface area contributed by atoms with E-state index < -0.39 is 6.04 Å². The zero-order chi connectivity index (χ0) is 19.1. The number of carbonyl (C=O) groups excluding carboxylic acids is 3. The van der Waals surface area contributed by atoms with Crippen molar-refractivity contribution in [2.45, 2.75) is 38.3 Å². The summed E-state index contributed by atoms with van der Waals surface area (Å²) in [5, 5.41) is 5.56. The van der Waals surface area contributed by atoms with Crippen molar-refractivity contribution >= 4 is 23.4 Å². The summed E-state index contributed by atoms with van der Waals surface area (Å²) in [6.07, 6.45) is 3.12. The molecule has 1 atom stereocenters. The van der Waals surface area contributed by atoms with Crippen LogP contribution in [0.25, 0.3) is 0 Å². The molecular weight excluding hydrogens is 346 g/mol. The minimum absolute atomic E-state index is 0.0824. The van der Waals surface area contributed by atoms with Gasteiger partial charge in [0.05, 0.1) is 12.8 Å². The van der Waals surface area contributed by atoms with Crippen LogP contribution in [0.15, 0.2) is 53.1 Å². The molecule has 2 heterocycles. The van der Waals surface area contributed by atoms with Crippen LogP contribution >= 0.6 is 0 Å². The Bertz CT molecular complexity index is 774. The lowest BCUT2D eigenvalue weighted by molar-refractivity contribution is -0.137. The maximum Gasteiger partial charge on any atom is 0.247 e. The molecule has 1 aromatic carbocycles. The summed E-state index contributed by atoms with van der Waals surface area (Å²) in [4.78, 5) is 38.5. The molecule has 1 aliphatic rings. The number of nitrogens with zero attached hydrogens (tertiary/aromatic N) is 1. The van der Waals surface area contributed by atoms with Gasteiger partial charge in [0.2, 0.25) is 17.7 Å². The van der Waals surface area contributed by atoms with Crippen molar-refractivity contribution in [2.24, 2.45) is 0 Å². The van der Waals surface area contributed by atoms with Gasteiger partial charge in [-0.1, -0.05) is 18.2 Å². The molecule has 142 valence electrons. The fourth-order valence-electron chi connectivity index (χ4n) is 3.14. The number of hydrogen-bond acceptors (Lipinski definition) is 4. The molecule has 0 unspecified atom stereocenters. The predicted octanol–water partition coefficient (Wildman–Crippen LogP) is 2.31. The monoisotopic (exact) mass is 369 g/mol. The summed E-state index contributed by atoms with van der Waals surface area (Å²) in [6.45, 7) is 0.839. The lowest BCUT2D eigenvalue weighted by atomic mass is 10.2. The van der Waals surface area contributed by atoms with Gasteiger partial charge in [-0.05, 0) is 37.1 Å². The maximum absolute atomic E-state index is 12.5. The van der Waals surface area contributed by atoms with Gasteiger partial charge in [-0.25, -0.2) is 0 Å². The Kier molecular flexibility index (Phi) is 6.25. The molecule has 0 bridgehead atoms. The van der Waals surface area contributed by atoms with Crippen LogP contribution in [0.3, 0.4) is 0 Å².